The van der Waals surface area contributed by atoms with E-state index in [2.05, 4.69) is 4.74 Å². The van der Waals surface area contributed by atoms with Crippen LogP contribution in [-0.2, 0) is 4.79 Å². The SMILES string of the molecule is O=C(O)c1c(Cl)c(Cl)c(Cl)c(Cl)c1OC(=O)C(Cl)(Cl)Cl. The lowest BCUT2D eigenvalue weighted by atomic mass is 10.2. The Balaban J connectivity index is 3.53. The van der Waals surface area contributed by atoms with Gasteiger partial charge in [0.1, 0.15) is 10.6 Å². The summed E-state index contributed by atoms with van der Waals surface area (Å²) < 4.78 is 2.20. The van der Waals surface area contributed by atoms with E-state index in [4.69, 9.17) is 86.3 Å². The lowest BCUT2D eigenvalue weighted by Gasteiger charge is -2.16. The molecule has 0 aliphatic heterocycles. The Morgan fingerprint density at radius 1 is 0.900 bits per heavy atom. The highest BCUT2D eigenvalue weighted by atomic mass is 35.6. The van der Waals surface area contributed by atoms with Crippen molar-refractivity contribution in [3.63, 3.8) is 0 Å². The van der Waals surface area contributed by atoms with Crippen molar-refractivity contribution >= 4 is 93.1 Å². The van der Waals surface area contributed by atoms with Crippen LogP contribution >= 0.6 is 81.2 Å². The van der Waals surface area contributed by atoms with Gasteiger partial charge < -0.3 is 9.84 Å². The van der Waals surface area contributed by atoms with Crippen LogP contribution in [0.5, 0.6) is 5.75 Å². The van der Waals surface area contributed by atoms with E-state index >= 15 is 0 Å². The number of benzene rings is 1. The van der Waals surface area contributed by atoms with E-state index < -0.39 is 37.1 Å². The molecule has 4 nitrogen and oxygen atoms in total. The van der Waals surface area contributed by atoms with E-state index in [1.807, 2.05) is 0 Å². The van der Waals surface area contributed by atoms with Crippen molar-refractivity contribution in [2.24, 2.45) is 0 Å². The molecule has 0 saturated carbocycles. The largest absolute Gasteiger partial charge is 0.477 e. The Morgan fingerprint density at radius 3 is 1.75 bits per heavy atom. The van der Waals surface area contributed by atoms with Crippen LogP contribution in [0.3, 0.4) is 0 Å². The zero-order valence-electron chi connectivity index (χ0n) is 8.82. The van der Waals surface area contributed by atoms with Crippen LogP contribution in [0.25, 0.3) is 0 Å². The molecular formula is C9HCl7O4. The van der Waals surface area contributed by atoms with Gasteiger partial charge in [0.05, 0.1) is 15.1 Å². The van der Waals surface area contributed by atoms with Crippen molar-refractivity contribution in [3.8, 4) is 5.75 Å². The first-order valence-electron chi connectivity index (χ1n) is 4.36. The fraction of sp³-hybridized carbons (Fsp3) is 0.111. The van der Waals surface area contributed by atoms with Crippen molar-refractivity contribution in [3.05, 3.63) is 25.7 Å². The first kappa shape index (κ1) is 18.2. The maximum Gasteiger partial charge on any atom is 0.364 e. The molecule has 11 heteroatoms. The molecule has 0 spiro atoms. The second-order valence-electron chi connectivity index (χ2n) is 3.15. The Morgan fingerprint density at radius 2 is 1.35 bits per heavy atom. The van der Waals surface area contributed by atoms with Crippen LogP contribution in [0.4, 0.5) is 0 Å². The van der Waals surface area contributed by atoms with Crippen LogP contribution in [0.15, 0.2) is 0 Å². The summed E-state index contributed by atoms with van der Waals surface area (Å²) in [5.41, 5.74) is -0.686. The van der Waals surface area contributed by atoms with Crippen molar-refractivity contribution in [2.45, 2.75) is 3.79 Å². The van der Waals surface area contributed by atoms with Crippen LogP contribution in [0.2, 0.25) is 20.1 Å². The Labute approximate surface area is 147 Å². The summed E-state index contributed by atoms with van der Waals surface area (Å²) in [4.78, 5) is 22.6. The van der Waals surface area contributed by atoms with Gasteiger partial charge in [0.2, 0.25) is 0 Å². The Hall–Kier alpha value is 0.190. The number of aromatic carboxylic acids is 1. The summed E-state index contributed by atoms with van der Waals surface area (Å²) in [7, 11) is 0. The molecular weight excluding hydrogens is 420 g/mol. The molecule has 0 saturated heterocycles. The molecule has 0 aromatic heterocycles. The van der Waals surface area contributed by atoms with E-state index in [1.165, 1.54) is 0 Å². The Bertz CT molecular complexity index is 593. The number of hydrogen-bond donors (Lipinski definition) is 1. The minimum Gasteiger partial charge on any atom is -0.477 e. The van der Waals surface area contributed by atoms with Gasteiger partial charge in [-0.25, -0.2) is 9.59 Å². The fourth-order valence-corrected chi connectivity index (χ4v) is 2.12. The normalized spacial score (nSPS) is 11.3. The van der Waals surface area contributed by atoms with Gasteiger partial charge >= 0.3 is 11.9 Å². The molecule has 0 aliphatic carbocycles. The highest BCUT2D eigenvalue weighted by Gasteiger charge is 2.36. The van der Waals surface area contributed by atoms with E-state index in [1.54, 1.807) is 0 Å². The highest BCUT2D eigenvalue weighted by Crippen LogP contribution is 2.46. The first-order chi connectivity index (χ1) is 8.98. The van der Waals surface area contributed by atoms with Gasteiger partial charge in [-0.3, -0.25) is 0 Å². The molecule has 0 fully saturated rings. The minimum absolute atomic E-state index is 0.310. The van der Waals surface area contributed by atoms with Crippen molar-refractivity contribution in [2.75, 3.05) is 0 Å². The van der Waals surface area contributed by atoms with Gasteiger partial charge in [-0.05, 0) is 0 Å². The summed E-state index contributed by atoms with van der Waals surface area (Å²) in [6.45, 7) is 0. The summed E-state index contributed by atoms with van der Waals surface area (Å²) in [6, 6.07) is 0. The zero-order valence-corrected chi connectivity index (χ0v) is 14.1. The van der Waals surface area contributed by atoms with Crippen LogP contribution in [0.1, 0.15) is 10.4 Å². The number of rotatable bonds is 2. The van der Waals surface area contributed by atoms with E-state index in [0.717, 1.165) is 0 Å². The van der Waals surface area contributed by atoms with E-state index in [9.17, 15) is 9.59 Å². The molecule has 1 aromatic carbocycles. The molecule has 0 bridgehead atoms. The second-order valence-corrected chi connectivity index (χ2v) is 6.95. The van der Waals surface area contributed by atoms with E-state index in [0.29, 0.717) is 0 Å². The molecule has 0 heterocycles. The second kappa shape index (κ2) is 6.53. The number of halogens is 7. The number of carbonyl (C=O) groups is 2. The van der Waals surface area contributed by atoms with Gasteiger partial charge in [0.15, 0.2) is 5.75 Å². The first-order valence-corrected chi connectivity index (χ1v) is 7.01. The quantitative estimate of drug-likeness (QED) is 0.232. The number of alkyl halides is 3. The molecule has 0 unspecified atom stereocenters. The third-order valence-electron chi connectivity index (χ3n) is 1.86. The van der Waals surface area contributed by atoms with Crippen LogP contribution in [0, 0.1) is 0 Å². The summed E-state index contributed by atoms with van der Waals surface area (Å²) in [6.07, 6.45) is 0. The number of hydrogen-bond acceptors (Lipinski definition) is 3. The molecule has 1 rings (SSSR count). The maximum absolute atomic E-state index is 11.5. The molecule has 0 aliphatic rings. The smallest absolute Gasteiger partial charge is 0.364 e. The molecule has 0 amide bonds. The summed E-state index contributed by atoms with van der Waals surface area (Å²) in [5.74, 6) is -3.63. The lowest BCUT2D eigenvalue weighted by Crippen LogP contribution is -2.26. The third-order valence-corrected chi connectivity index (χ3v) is 4.11. The van der Waals surface area contributed by atoms with Crippen molar-refractivity contribution < 1.29 is 19.4 Å². The number of esters is 1. The zero-order chi connectivity index (χ0) is 15.8. The highest BCUT2D eigenvalue weighted by molar-refractivity contribution is 6.75. The van der Waals surface area contributed by atoms with Crippen LogP contribution in [-0.4, -0.2) is 20.8 Å². The number of ether oxygens (including phenoxy) is 1. The van der Waals surface area contributed by atoms with Gasteiger partial charge in [-0.15, -0.1) is 0 Å². The molecule has 1 aromatic rings. The lowest BCUT2D eigenvalue weighted by molar-refractivity contribution is -0.133. The number of carboxylic acids is 1. The van der Waals surface area contributed by atoms with Gasteiger partial charge in [0, 0.05) is 0 Å². The molecule has 1 N–H and O–H groups in total. The maximum atomic E-state index is 11.5. The number of carbonyl (C=O) groups excluding carboxylic acids is 1. The van der Waals surface area contributed by atoms with Crippen molar-refractivity contribution in [1.29, 1.82) is 0 Å². The van der Waals surface area contributed by atoms with Gasteiger partial charge in [0.25, 0.3) is 3.79 Å². The van der Waals surface area contributed by atoms with Crippen molar-refractivity contribution in [1.82, 2.24) is 0 Å². The molecule has 20 heavy (non-hydrogen) atoms. The fourth-order valence-electron chi connectivity index (χ4n) is 1.05. The Kier molecular flexibility index (Phi) is 5.95. The predicted octanol–water partition coefficient (Wildman–Crippen LogP) is 5.27. The molecule has 110 valence electrons. The summed E-state index contributed by atoms with van der Waals surface area (Å²) in [5, 5.41) is 7.51. The molecule has 0 atom stereocenters. The predicted molar refractivity (Wildman–Crippen MR) is 79.4 cm³/mol. The summed E-state index contributed by atoms with van der Waals surface area (Å²) >= 11 is 38.8. The molecule has 0 radical (unpaired) electrons. The van der Waals surface area contributed by atoms with Crippen LogP contribution < -0.4 is 4.74 Å². The average molecular weight is 421 g/mol. The van der Waals surface area contributed by atoms with E-state index in [-0.39, 0.29) is 10.0 Å². The standard InChI is InChI=1S/C9HCl7O4/c10-2-1(7(17)18)6(5(13)4(12)3(2)11)20-8(19)9(14,15)16/h(H,17,18). The van der Waals surface area contributed by atoms with Gasteiger partial charge in [-0.2, -0.15) is 0 Å². The third kappa shape index (κ3) is 3.69. The number of carboxylic acid groups (broad SMARTS) is 1. The topological polar surface area (TPSA) is 63.6 Å². The minimum atomic E-state index is -2.45. The van der Waals surface area contributed by atoms with Gasteiger partial charge in [-0.1, -0.05) is 81.2 Å². The monoisotopic (exact) mass is 418 g/mol. The average Bonchev–Trinajstić information content (AvgIpc) is 2.31.